The minimum Gasteiger partial charge on any atom is -1.00 e. The van der Waals surface area contributed by atoms with Gasteiger partial charge in [-0.25, -0.2) is 0 Å². The Morgan fingerprint density at radius 3 is 1.37 bits per heavy atom. The van der Waals surface area contributed by atoms with Gasteiger partial charge >= 0.3 is 26.2 Å². The van der Waals surface area contributed by atoms with Crippen LogP contribution < -0.4 is 24.8 Å². The first-order chi connectivity index (χ1) is 11.7. The smallest absolute Gasteiger partial charge is 1.00 e. The van der Waals surface area contributed by atoms with Crippen molar-refractivity contribution in [3.8, 4) is 0 Å². The minimum absolute atomic E-state index is 0. The quantitative estimate of drug-likeness (QED) is 0.552. The van der Waals surface area contributed by atoms with Gasteiger partial charge in [0.05, 0.1) is 0 Å². The number of hydrogen-bond acceptors (Lipinski definition) is 0. The summed E-state index contributed by atoms with van der Waals surface area (Å²) in [4.78, 5) is 0. The first kappa shape index (κ1) is 25.9. The summed E-state index contributed by atoms with van der Waals surface area (Å²) in [5.74, 6) is 0. The van der Waals surface area contributed by atoms with E-state index < -0.39 is 0 Å². The molecule has 0 saturated heterocycles. The number of rotatable bonds is 2. The average molecular weight is 473 g/mol. The van der Waals surface area contributed by atoms with Gasteiger partial charge in [-0.05, 0) is 13.8 Å². The molecule has 0 aromatic heterocycles. The maximum absolute atomic E-state index is 3.31. The molecule has 0 nitrogen and oxygen atoms in total. The zero-order valence-corrected chi connectivity index (χ0v) is 19.6. The molecule has 2 aromatic carbocycles. The van der Waals surface area contributed by atoms with E-state index in [1.807, 2.05) is 0 Å². The fourth-order valence-electron chi connectivity index (χ4n) is 2.83. The van der Waals surface area contributed by atoms with Gasteiger partial charge in [-0.3, -0.25) is 0 Å². The van der Waals surface area contributed by atoms with Crippen LogP contribution in [0.3, 0.4) is 0 Å². The molecule has 0 aliphatic heterocycles. The molecule has 136 valence electrons. The molecule has 4 rings (SSSR count). The molecule has 0 bridgehead atoms. The zero-order valence-electron chi connectivity index (χ0n) is 15.6. The maximum Gasteiger partial charge on any atom is 4.00 e. The van der Waals surface area contributed by atoms with Crippen LogP contribution in [0, 0.1) is 26.0 Å². The Bertz CT molecular complexity index is 773. The van der Waals surface area contributed by atoms with E-state index in [9.17, 15) is 0 Å². The molecule has 0 spiro atoms. The van der Waals surface area contributed by atoms with E-state index in [0.717, 1.165) is 12.8 Å². The molecule has 27 heavy (non-hydrogen) atoms. The van der Waals surface area contributed by atoms with E-state index in [-0.39, 0.29) is 51.0 Å². The van der Waals surface area contributed by atoms with E-state index in [1.54, 1.807) is 0 Å². The van der Waals surface area contributed by atoms with E-state index >= 15 is 0 Å². The summed E-state index contributed by atoms with van der Waals surface area (Å²) in [6, 6.07) is 17.1. The number of aryl methyl sites for hydroxylation is 2. The predicted octanol–water partition coefficient (Wildman–Crippen LogP) is 0.289. The first-order valence-electron chi connectivity index (χ1n) is 8.41. The van der Waals surface area contributed by atoms with Gasteiger partial charge in [0.15, 0.2) is 0 Å². The summed E-state index contributed by atoms with van der Waals surface area (Å²) in [5, 5.41) is 0. The number of benzene rings is 2. The van der Waals surface area contributed by atoms with Gasteiger partial charge < -0.3 is 24.8 Å². The van der Waals surface area contributed by atoms with Crippen LogP contribution in [-0.4, -0.2) is 0 Å². The third kappa shape index (κ3) is 7.78. The summed E-state index contributed by atoms with van der Waals surface area (Å²) in [6.07, 6.45) is 17.1. The Balaban J connectivity index is 0.000000451. The second kappa shape index (κ2) is 13.1. The molecule has 0 saturated carbocycles. The van der Waals surface area contributed by atoms with E-state index in [1.165, 1.54) is 33.4 Å². The zero-order chi connectivity index (χ0) is 16.8. The maximum atomic E-state index is 3.31. The predicted molar refractivity (Wildman–Crippen MR) is 103 cm³/mol. The van der Waals surface area contributed by atoms with E-state index in [0.29, 0.717) is 0 Å². The van der Waals surface area contributed by atoms with Crippen molar-refractivity contribution < 1.29 is 51.0 Å². The average Bonchev–Trinajstić information content (AvgIpc) is 3.29. The van der Waals surface area contributed by atoms with Crippen LogP contribution in [-0.2, 0) is 26.2 Å². The van der Waals surface area contributed by atoms with Gasteiger partial charge in [0, 0.05) is 0 Å². The van der Waals surface area contributed by atoms with Gasteiger partial charge in [-0.2, -0.15) is 35.5 Å². The summed E-state index contributed by atoms with van der Waals surface area (Å²) in [5.41, 5.74) is 7.65. The molecular formula is C24H22Cl2Zr. The summed E-state index contributed by atoms with van der Waals surface area (Å²) >= 11 is 0. The Hall–Kier alpha value is -1.14. The van der Waals surface area contributed by atoms with Crippen molar-refractivity contribution in [2.24, 2.45) is 0 Å². The van der Waals surface area contributed by atoms with Gasteiger partial charge in [0.25, 0.3) is 0 Å². The van der Waals surface area contributed by atoms with Gasteiger partial charge in [-0.15, -0.1) is 47.5 Å². The normalized spacial score (nSPS) is 13.3. The number of hydrogen-bond donors (Lipinski definition) is 0. The third-order valence-electron chi connectivity index (χ3n) is 4.05. The van der Waals surface area contributed by atoms with Crippen LogP contribution >= 0.6 is 0 Å². The fraction of sp³-hybridized carbons (Fsp3) is 0.167. The summed E-state index contributed by atoms with van der Waals surface area (Å²) < 4.78 is 0. The molecule has 0 N–H and O–H groups in total. The fourth-order valence-corrected chi connectivity index (χ4v) is 2.83. The van der Waals surface area contributed by atoms with Crippen LogP contribution in [0.15, 0.2) is 72.8 Å². The molecular weight excluding hydrogens is 450 g/mol. The molecule has 0 radical (unpaired) electrons. The topological polar surface area (TPSA) is 0 Å². The van der Waals surface area contributed by atoms with Gasteiger partial charge in [0.2, 0.25) is 0 Å². The van der Waals surface area contributed by atoms with Gasteiger partial charge in [0.1, 0.15) is 0 Å². The van der Waals surface area contributed by atoms with E-state index in [2.05, 4.69) is 98.8 Å². The van der Waals surface area contributed by atoms with Crippen molar-refractivity contribution in [2.45, 2.75) is 26.7 Å². The molecule has 0 fully saturated rings. The molecule has 3 heteroatoms. The van der Waals surface area contributed by atoms with Crippen LogP contribution in [0.4, 0.5) is 0 Å². The van der Waals surface area contributed by atoms with Crippen molar-refractivity contribution in [1.29, 1.82) is 0 Å². The Morgan fingerprint density at radius 2 is 1.07 bits per heavy atom. The SMILES string of the molecule is Cc1cccc(C2=[C-]CC=C2)c1.Cc1cccc(C2=[C-]CC=C2)c1.[Cl-].[Cl-].[Zr+4]. The second-order valence-electron chi connectivity index (χ2n) is 6.13. The molecule has 0 atom stereocenters. The standard InChI is InChI=1S/2C12H11.2ClH.Zr/c2*1-10-5-4-8-12(9-10)11-6-2-3-7-11;;;/h2*2,4-6,8-9H,3H2,1H3;2*1H;/q2*-1;;;+4/p-2. The Morgan fingerprint density at radius 1 is 0.667 bits per heavy atom. The third-order valence-corrected chi connectivity index (χ3v) is 4.05. The molecule has 0 amide bonds. The van der Waals surface area contributed by atoms with Gasteiger partial charge in [-0.1, -0.05) is 48.2 Å². The first-order valence-corrected chi connectivity index (χ1v) is 8.41. The summed E-state index contributed by atoms with van der Waals surface area (Å²) in [7, 11) is 0. The summed E-state index contributed by atoms with van der Waals surface area (Å²) in [6.45, 7) is 4.23. The van der Waals surface area contributed by atoms with Crippen LogP contribution in [0.25, 0.3) is 11.1 Å². The van der Waals surface area contributed by atoms with Crippen molar-refractivity contribution in [1.82, 2.24) is 0 Å². The Labute approximate surface area is 195 Å². The van der Waals surface area contributed by atoms with Crippen molar-refractivity contribution >= 4 is 11.1 Å². The molecule has 2 aliphatic carbocycles. The second-order valence-corrected chi connectivity index (χ2v) is 6.13. The monoisotopic (exact) mass is 470 g/mol. The Kier molecular flexibility index (Phi) is 12.6. The molecule has 2 aromatic rings. The van der Waals surface area contributed by atoms with Crippen LogP contribution in [0.5, 0.6) is 0 Å². The molecule has 0 heterocycles. The number of allylic oxidation sites excluding steroid dienone is 8. The van der Waals surface area contributed by atoms with Crippen molar-refractivity contribution in [3.05, 3.63) is 107 Å². The van der Waals surface area contributed by atoms with Crippen molar-refractivity contribution in [2.75, 3.05) is 0 Å². The van der Waals surface area contributed by atoms with Crippen molar-refractivity contribution in [3.63, 3.8) is 0 Å². The molecule has 2 aliphatic rings. The largest absolute Gasteiger partial charge is 4.00 e. The number of halogens is 2. The molecule has 0 unspecified atom stereocenters. The van der Waals surface area contributed by atoms with Crippen LogP contribution in [0.1, 0.15) is 35.1 Å². The van der Waals surface area contributed by atoms with Crippen LogP contribution in [0.2, 0.25) is 0 Å². The minimum atomic E-state index is 0. The van der Waals surface area contributed by atoms with E-state index in [4.69, 9.17) is 0 Å².